The van der Waals surface area contributed by atoms with Crippen LogP contribution in [0.25, 0.3) is 11.3 Å². The van der Waals surface area contributed by atoms with Gasteiger partial charge in [-0.1, -0.05) is 48.0 Å². The van der Waals surface area contributed by atoms with E-state index in [4.69, 9.17) is 21.6 Å². The van der Waals surface area contributed by atoms with E-state index in [0.29, 0.717) is 28.4 Å². The summed E-state index contributed by atoms with van der Waals surface area (Å²) in [7, 11) is 4.11. The Morgan fingerprint density at radius 2 is 1.77 bits per heavy atom. The average molecular weight is 675 g/mol. The van der Waals surface area contributed by atoms with Crippen molar-refractivity contribution < 1.29 is 9.18 Å². The number of halogens is 2. The van der Waals surface area contributed by atoms with Crippen LogP contribution in [0, 0.1) is 12.7 Å². The summed E-state index contributed by atoms with van der Waals surface area (Å²) in [5.74, 6) is 2.69. The lowest BCUT2D eigenvalue weighted by Gasteiger charge is -2.30. The van der Waals surface area contributed by atoms with Gasteiger partial charge in [-0.15, -0.1) is 0 Å². The largest absolute Gasteiger partial charge is 0.362 e. The fourth-order valence-corrected chi connectivity index (χ4v) is 8.11. The molecule has 0 saturated heterocycles. The summed E-state index contributed by atoms with van der Waals surface area (Å²) in [6.45, 7) is 2.71. The number of amides is 1. The molecule has 1 fully saturated rings. The SMILES string of the molecule is Cc1c(C(=O)NC2CCC(Nc3nc4c(c(N(C)C)n3)CCCC4)CC2)cc(-c2ccccc2)n1CCSCc1c(F)cccc1Cl. The van der Waals surface area contributed by atoms with Crippen LogP contribution in [0.3, 0.4) is 0 Å². The smallest absolute Gasteiger partial charge is 0.253 e. The zero-order chi connectivity index (χ0) is 32.9. The molecule has 2 N–H and O–H groups in total. The highest BCUT2D eigenvalue weighted by Crippen LogP contribution is 2.31. The maximum absolute atomic E-state index is 14.3. The van der Waals surface area contributed by atoms with Gasteiger partial charge in [0.05, 0.1) is 11.3 Å². The molecule has 2 heterocycles. The first-order chi connectivity index (χ1) is 22.8. The zero-order valence-electron chi connectivity index (χ0n) is 27.5. The predicted octanol–water partition coefficient (Wildman–Crippen LogP) is 8.08. The van der Waals surface area contributed by atoms with Crippen LogP contribution in [0.4, 0.5) is 16.2 Å². The van der Waals surface area contributed by atoms with E-state index in [2.05, 4.69) is 46.3 Å². The van der Waals surface area contributed by atoms with Crippen molar-refractivity contribution in [3.05, 3.63) is 93.5 Å². The van der Waals surface area contributed by atoms with Crippen molar-refractivity contribution in [3.63, 3.8) is 0 Å². The van der Waals surface area contributed by atoms with E-state index in [9.17, 15) is 9.18 Å². The highest BCUT2D eigenvalue weighted by Gasteiger charge is 2.27. The molecular formula is C37H44ClFN6OS. The minimum Gasteiger partial charge on any atom is -0.362 e. The lowest BCUT2D eigenvalue weighted by atomic mass is 9.91. The number of nitrogens with one attached hydrogen (secondary N) is 2. The van der Waals surface area contributed by atoms with E-state index in [1.807, 2.05) is 31.2 Å². The van der Waals surface area contributed by atoms with Crippen LogP contribution in [0.5, 0.6) is 0 Å². The summed E-state index contributed by atoms with van der Waals surface area (Å²) in [6.07, 6.45) is 8.13. The Morgan fingerprint density at radius 1 is 1.02 bits per heavy atom. The maximum Gasteiger partial charge on any atom is 0.253 e. The summed E-state index contributed by atoms with van der Waals surface area (Å²) in [5.41, 5.74) is 6.71. The van der Waals surface area contributed by atoms with Gasteiger partial charge in [0.2, 0.25) is 5.95 Å². The predicted molar refractivity (Wildman–Crippen MR) is 192 cm³/mol. The molecule has 1 saturated carbocycles. The molecule has 1 amide bonds. The maximum atomic E-state index is 14.3. The molecule has 4 aromatic rings. The van der Waals surface area contributed by atoms with E-state index < -0.39 is 0 Å². The first-order valence-electron chi connectivity index (χ1n) is 16.7. The molecule has 0 bridgehead atoms. The van der Waals surface area contributed by atoms with Gasteiger partial charge < -0.3 is 20.1 Å². The molecule has 6 rings (SSSR count). The van der Waals surface area contributed by atoms with Crippen LogP contribution < -0.4 is 15.5 Å². The van der Waals surface area contributed by atoms with E-state index >= 15 is 0 Å². The zero-order valence-corrected chi connectivity index (χ0v) is 29.1. The van der Waals surface area contributed by atoms with Crippen molar-refractivity contribution in [1.82, 2.24) is 19.9 Å². The Balaban J connectivity index is 1.09. The van der Waals surface area contributed by atoms with Crippen LogP contribution in [-0.2, 0) is 25.1 Å². The van der Waals surface area contributed by atoms with Crippen LogP contribution in [0.1, 0.15) is 71.4 Å². The summed E-state index contributed by atoms with van der Waals surface area (Å²) in [4.78, 5) is 25.6. The van der Waals surface area contributed by atoms with E-state index in [-0.39, 0.29) is 23.8 Å². The lowest BCUT2D eigenvalue weighted by Crippen LogP contribution is -2.40. The molecule has 0 atom stereocenters. The number of fused-ring (bicyclic) bond motifs is 1. The van der Waals surface area contributed by atoms with Crippen molar-refractivity contribution in [2.24, 2.45) is 0 Å². The molecule has 2 aliphatic carbocycles. The third-order valence-electron chi connectivity index (χ3n) is 9.43. The van der Waals surface area contributed by atoms with E-state index in [1.165, 1.54) is 30.2 Å². The number of carbonyl (C=O) groups is 1. The van der Waals surface area contributed by atoms with Crippen molar-refractivity contribution in [2.45, 2.75) is 82.7 Å². The summed E-state index contributed by atoms with van der Waals surface area (Å²) in [5, 5.41) is 7.41. The average Bonchev–Trinajstić information content (AvgIpc) is 3.40. The second-order valence-corrected chi connectivity index (χ2v) is 14.4. The van der Waals surface area contributed by atoms with Crippen LogP contribution >= 0.6 is 23.4 Å². The Labute approximate surface area is 286 Å². The first-order valence-corrected chi connectivity index (χ1v) is 18.2. The molecular weight excluding hydrogens is 631 g/mol. The number of anilines is 2. The van der Waals surface area contributed by atoms with Crippen molar-refractivity contribution in [3.8, 4) is 11.3 Å². The summed E-state index contributed by atoms with van der Waals surface area (Å²) >= 11 is 7.88. The van der Waals surface area contributed by atoms with E-state index in [0.717, 1.165) is 73.0 Å². The van der Waals surface area contributed by atoms with Gasteiger partial charge in [-0.2, -0.15) is 16.7 Å². The van der Waals surface area contributed by atoms with E-state index in [1.54, 1.807) is 23.9 Å². The Hall–Kier alpha value is -3.56. The molecule has 2 aliphatic rings. The second kappa shape index (κ2) is 15.1. The van der Waals surface area contributed by atoms with Crippen LogP contribution in [-0.4, -0.2) is 52.4 Å². The monoisotopic (exact) mass is 674 g/mol. The van der Waals surface area contributed by atoms with Crippen LogP contribution in [0.2, 0.25) is 5.02 Å². The molecule has 0 unspecified atom stereocenters. The molecule has 0 aliphatic heterocycles. The molecule has 10 heteroatoms. The first kappa shape index (κ1) is 33.3. The molecule has 2 aromatic heterocycles. The highest BCUT2D eigenvalue weighted by molar-refractivity contribution is 7.98. The van der Waals surface area contributed by atoms with Crippen molar-refractivity contribution >= 4 is 41.0 Å². The number of aryl methyl sites for hydroxylation is 1. The van der Waals surface area contributed by atoms with Crippen LogP contribution in [0.15, 0.2) is 54.6 Å². The molecule has 2 aromatic carbocycles. The van der Waals surface area contributed by atoms with Gasteiger partial charge in [-0.3, -0.25) is 4.79 Å². The number of rotatable bonds is 11. The third kappa shape index (κ3) is 7.78. The number of benzene rings is 2. The quantitative estimate of drug-likeness (QED) is 0.157. The topological polar surface area (TPSA) is 75.1 Å². The number of nitrogens with zero attached hydrogens (tertiary/aromatic N) is 4. The normalized spacial score (nSPS) is 17.6. The Bertz CT molecular complexity index is 1680. The van der Waals surface area contributed by atoms with Gasteiger partial charge in [0, 0.05) is 71.8 Å². The van der Waals surface area contributed by atoms with Gasteiger partial charge in [-0.25, -0.2) is 9.37 Å². The van der Waals surface area contributed by atoms with Gasteiger partial charge in [0.25, 0.3) is 5.91 Å². The lowest BCUT2D eigenvalue weighted by molar-refractivity contribution is 0.0926. The standard InChI is InChI=1S/C37H44ClFN6OS/c1-24-29(22-34(25-10-5-4-6-11-25)45(24)20-21-47-23-30-31(38)13-9-14-32(30)39)36(46)40-26-16-18-27(19-17-26)41-37-42-33-15-8-7-12-28(33)35(43-37)44(2)3/h4-6,9-11,13-14,22,26-27H,7-8,12,15-21,23H2,1-3H3,(H,40,46)(H,41,42,43). The Morgan fingerprint density at radius 3 is 2.51 bits per heavy atom. The Kier molecular flexibility index (Phi) is 10.7. The van der Waals surface area contributed by atoms with Gasteiger partial charge >= 0.3 is 0 Å². The number of carbonyl (C=O) groups excluding carboxylic acids is 1. The molecule has 0 spiro atoms. The molecule has 7 nitrogen and oxygen atoms in total. The van der Waals surface area contributed by atoms with Gasteiger partial charge in [-0.05, 0) is 82.1 Å². The van der Waals surface area contributed by atoms with Crippen molar-refractivity contribution in [2.75, 3.05) is 30.1 Å². The number of aromatic nitrogens is 3. The van der Waals surface area contributed by atoms with Crippen molar-refractivity contribution in [1.29, 1.82) is 0 Å². The summed E-state index contributed by atoms with van der Waals surface area (Å²) < 4.78 is 16.5. The molecule has 47 heavy (non-hydrogen) atoms. The number of hydrogen-bond acceptors (Lipinski definition) is 6. The fraction of sp³-hybridized carbons (Fsp3) is 0.432. The minimum absolute atomic E-state index is 0.0331. The fourth-order valence-electron chi connectivity index (χ4n) is 6.85. The third-order valence-corrected chi connectivity index (χ3v) is 10.7. The van der Waals surface area contributed by atoms with Gasteiger partial charge in [0.15, 0.2) is 0 Å². The minimum atomic E-state index is -0.277. The second-order valence-electron chi connectivity index (χ2n) is 12.9. The number of thioether (sulfide) groups is 1. The van der Waals surface area contributed by atoms with Gasteiger partial charge in [0.1, 0.15) is 11.6 Å². The number of hydrogen-bond donors (Lipinski definition) is 2. The summed E-state index contributed by atoms with van der Waals surface area (Å²) in [6, 6.07) is 17.4. The molecule has 248 valence electrons. The molecule has 0 radical (unpaired) electrons. The highest BCUT2D eigenvalue weighted by atomic mass is 35.5.